The van der Waals surface area contributed by atoms with Crippen molar-refractivity contribution in [2.45, 2.75) is 18.8 Å². The van der Waals surface area contributed by atoms with Gasteiger partial charge in [-0.15, -0.1) is 0 Å². The number of carbonyl (C=O) groups excluding carboxylic acids is 1. The Kier molecular flexibility index (Phi) is 2.50. The lowest BCUT2D eigenvalue weighted by molar-refractivity contribution is -0.385. The van der Waals surface area contributed by atoms with E-state index in [9.17, 15) is 19.3 Å². The SMILES string of the molecule is O=C=Nc1cc([N+](=O)[O-])cc(F)c1C1CC1. The van der Waals surface area contributed by atoms with Crippen LogP contribution in [0.1, 0.15) is 24.3 Å². The van der Waals surface area contributed by atoms with Crippen LogP contribution in [0.15, 0.2) is 17.1 Å². The summed E-state index contributed by atoms with van der Waals surface area (Å²) in [5.74, 6) is -0.654. The first-order chi connectivity index (χ1) is 7.63. The van der Waals surface area contributed by atoms with Crippen LogP contribution in [0.5, 0.6) is 0 Å². The third-order valence-corrected chi connectivity index (χ3v) is 2.45. The minimum Gasteiger partial charge on any atom is -0.258 e. The van der Waals surface area contributed by atoms with Crippen molar-refractivity contribution >= 4 is 17.5 Å². The predicted octanol–water partition coefficient (Wildman–Crippen LogP) is 2.58. The molecule has 0 radical (unpaired) electrons. The number of benzene rings is 1. The van der Waals surface area contributed by atoms with Crippen molar-refractivity contribution in [2.75, 3.05) is 0 Å². The molecule has 0 saturated heterocycles. The Balaban J connectivity index is 2.59. The number of rotatable bonds is 3. The predicted molar refractivity (Wildman–Crippen MR) is 52.8 cm³/mol. The summed E-state index contributed by atoms with van der Waals surface area (Å²) in [6, 6.07) is 1.96. The molecular weight excluding hydrogens is 215 g/mol. The molecule has 1 aromatic carbocycles. The molecule has 0 amide bonds. The van der Waals surface area contributed by atoms with E-state index in [4.69, 9.17) is 0 Å². The Morgan fingerprint density at radius 2 is 2.19 bits per heavy atom. The first-order valence-electron chi connectivity index (χ1n) is 4.69. The second-order valence-electron chi connectivity index (χ2n) is 3.59. The molecule has 2 rings (SSSR count). The van der Waals surface area contributed by atoms with E-state index in [1.165, 1.54) is 6.08 Å². The lowest BCUT2D eigenvalue weighted by atomic mass is 10.1. The van der Waals surface area contributed by atoms with Crippen LogP contribution >= 0.6 is 0 Å². The highest BCUT2D eigenvalue weighted by Gasteiger charge is 2.31. The fourth-order valence-electron chi connectivity index (χ4n) is 1.61. The van der Waals surface area contributed by atoms with Crippen LogP contribution in [0.4, 0.5) is 15.8 Å². The maximum atomic E-state index is 13.6. The average molecular weight is 222 g/mol. The summed E-state index contributed by atoms with van der Waals surface area (Å²) in [7, 11) is 0. The van der Waals surface area contributed by atoms with Gasteiger partial charge in [0, 0.05) is 11.6 Å². The van der Waals surface area contributed by atoms with Crippen molar-refractivity contribution in [3.8, 4) is 0 Å². The van der Waals surface area contributed by atoms with Gasteiger partial charge in [0.15, 0.2) is 0 Å². The Morgan fingerprint density at radius 1 is 1.50 bits per heavy atom. The zero-order chi connectivity index (χ0) is 11.7. The second-order valence-corrected chi connectivity index (χ2v) is 3.59. The molecule has 1 aliphatic rings. The number of halogens is 1. The van der Waals surface area contributed by atoms with E-state index in [1.54, 1.807) is 0 Å². The highest BCUT2D eigenvalue weighted by molar-refractivity contribution is 5.60. The summed E-state index contributed by atoms with van der Waals surface area (Å²) in [6.45, 7) is 0. The van der Waals surface area contributed by atoms with Crippen molar-refractivity contribution in [1.82, 2.24) is 0 Å². The first-order valence-corrected chi connectivity index (χ1v) is 4.69. The summed E-state index contributed by atoms with van der Waals surface area (Å²) < 4.78 is 13.6. The van der Waals surface area contributed by atoms with Crippen molar-refractivity contribution in [3.63, 3.8) is 0 Å². The number of aliphatic imine (C=N–C) groups is 1. The molecule has 16 heavy (non-hydrogen) atoms. The second kappa shape index (κ2) is 3.83. The fraction of sp³-hybridized carbons (Fsp3) is 0.300. The number of isocyanates is 1. The number of nitrogens with zero attached hydrogens (tertiary/aromatic N) is 2. The van der Waals surface area contributed by atoms with Gasteiger partial charge < -0.3 is 0 Å². The van der Waals surface area contributed by atoms with E-state index in [2.05, 4.69) is 4.99 Å². The minimum atomic E-state index is -0.719. The molecule has 1 aliphatic carbocycles. The van der Waals surface area contributed by atoms with E-state index in [-0.39, 0.29) is 17.2 Å². The van der Waals surface area contributed by atoms with Gasteiger partial charge in [0.2, 0.25) is 6.08 Å². The standard InChI is InChI=1S/C10H7FN2O3/c11-8-3-7(13(15)16)4-9(12-5-14)10(8)6-1-2-6/h3-4,6H,1-2H2. The van der Waals surface area contributed by atoms with Crippen LogP contribution < -0.4 is 0 Å². The smallest absolute Gasteiger partial charge is 0.258 e. The Labute approximate surface area is 89.8 Å². The van der Waals surface area contributed by atoms with E-state index in [0.717, 1.165) is 25.0 Å². The molecule has 0 spiro atoms. The topological polar surface area (TPSA) is 72.6 Å². The molecular formula is C10H7FN2O3. The van der Waals surface area contributed by atoms with Crippen LogP contribution in [-0.4, -0.2) is 11.0 Å². The quantitative estimate of drug-likeness (QED) is 0.341. The van der Waals surface area contributed by atoms with E-state index >= 15 is 0 Å². The van der Waals surface area contributed by atoms with E-state index in [1.807, 2.05) is 0 Å². The van der Waals surface area contributed by atoms with E-state index in [0.29, 0.717) is 0 Å². The summed E-state index contributed by atoms with van der Waals surface area (Å²) in [5.41, 5.74) is -0.103. The maximum absolute atomic E-state index is 13.6. The zero-order valence-electron chi connectivity index (χ0n) is 8.14. The number of nitro benzene ring substituents is 1. The van der Waals surface area contributed by atoms with Crippen molar-refractivity contribution in [2.24, 2.45) is 4.99 Å². The monoisotopic (exact) mass is 222 g/mol. The van der Waals surface area contributed by atoms with Gasteiger partial charge in [0.25, 0.3) is 5.69 Å². The molecule has 5 nitrogen and oxygen atoms in total. The largest absolute Gasteiger partial charge is 0.274 e. The van der Waals surface area contributed by atoms with Gasteiger partial charge in [0.1, 0.15) is 5.82 Å². The molecule has 1 saturated carbocycles. The third-order valence-electron chi connectivity index (χ3n) is 2.45. The lowest BCUT2D eigenvalue weighted by Gasteiger charge is -2.04. The molecule has 82 valence electrons. The van der Waals surface area contributed by atoms with Crippen molar-refractivity contribution in [1.29, 1.82) is 0 Å². The zero-order valence-corrected chi connectivity index (χ0v) is 8.14. The number of hydrogen-bond acceptors (Lipinski definition) is 4. The molecule has 0 aliphatic heterocycles. The van der Waals surface area contributed by atoms with Gasteiger partial charge in [-0.05, 0) is 18.8 Å². The van der Waals surface area contributed by atoms with Crippen molar-refractivity contribution < 1.29 is 14.1 Å². The van der Waals surface area contributed by atoms with Gasteiger partial charge in [-0.25, -0.2) is 9.18 Å². The molecule has 0 heterocycles. The Hall–Kier alpha value is -2.07. The fourth-order valence-corrected chi connectivity index (χ4v) is 1.61. The number of nitro groups is 1. The Morgan fingerprint density at radius 3 is 2.69 bits per heavy atom. The van der Waals surface area contributed by atoms with Gasteiger partial charge in [-0.3, -0.25) is 10.1 Å². The molecule has 0 unspecified atom stereocenters. The molecule has 0 N–H and O–H groups in total. The van der Waals surface area contributed by atoms with Crippen LogP contribution in [0.25, 0.3) is 0 Å². The molecule has 1 fully saturated rings. The summed E-state index contributed by atoms with van der Waals surface area (Å²) >= 11 is 0. The summed E-state index contributed by atoms with van der Waals surface area (Å²) in [5, 5.41) is 10.5. The van der Waals surface area contributed by atoms with Crippen molar-refractivity contribution in [3.05, 3.63) is 33.6 Å². The van der Waals surface area contributed by atoms with E-state index < -0.39 is 16.4 Å². The molecule has 6 heteroatoms. The molecule has 0 atom stereocenters. The van der Waals surface area contributed by atoms with Crippen LogP contribution in [0, 0.1) is 15.9 Å². The Bertz CT molecular complexity index is 505. The highest BCUT2D eigenvalue weighted by Crippen LogP contribution is 2.46. The van der Waals surface area contributed by atoms with Gasteiger partial charge in [-0.1, -0.05) is 0 Å². The third kappa shape index (κ3) is 1.83. The maximum Gasteiger partial charge on any atom is 0.274 e. The normalized spacial score (nSPS) is 14.3. The molecule has 1 aromatic rings. The minimum absolute atomic E-state index is 0.0178. The van der Waals surface area contributed by atoms with Gasteiger partial charge >= 0.3 is 0 Å². The van der Waals surface area contributed by atoms with Gasteiger partial charge in [0.05, 0.1) is 16.7 Å². The van der Waals surface area contributed by atoms with Gasteiger partial charge in [-0.2, -0.15) is 4.99 Å². The first kappa shape index (κ1) is 10.4. The van der Waals surface area contributed by atoms with Crippen LogP contribution in [0.2, 0.25) is 0 Å². The lowest BCUT2D eigenvalue weighted by Crippen LogP contribution is -1.94. The molecule has 0 aromatic heterocycles. The summed E-state index contributed by atoms with van der Waals surface area (Å²) in [4.78, 5) is 23.3. The van der Waals surface area contributed by atoms with Crippen LogP contribution in [0.3, 0.4) is 0 Å². The van der Waals surface area contributed by atoms with Crippen LogP contribution in [-0.2, 0) is 4.79 Å². The summed E-state index contributed by atoms with van der Waals surface area (Å²) in [6.07, 6.45) is 2.92. The highest BCUT2D eigenvalue weighted by atomic mass is 19.1. The number of non-ortho nitro benzene ring substituents is 1. The molecule has 0 bridgehead atoms. The number of hydrogen-bond donors (Lipinski definition) is 0. The average Bonchev–Trinajstić information content (AvgIpc) is 3.01.